The zero-order chi connectivity index (χ0) is 9.26. The molecule has 13 heavy (non-hydrogen) atoms. The van der Waals surface area contributed by atoms with Crippen molar-refractivity contribution < 1.29 is 9.90 Å². The predicted octanol–water partition coefficient (Wildman–Crippen LogP) is 2.50. The molecule has 1 fully saturated rings. The van der Waals surface area contributed by atoms with Gasteiger partial charge in [0, 0.05) is 4.88 Å². The minimum absolute atomic E-state index is 0.275. The van der Waals surface area contributed by atoms with Crippen molar-refractivity contribution in [3.05, 3.63) is 16.1 Å². The van der Waals surface area contributed by atoms with E-state index in [1.165, 1.54) is 24.2 Å². The molecular weight excluding hydrogens is 186 g/mol. The normalized spacial score (nSPS) is 17.8. The average Bonchev–Trinajstić information content (AvgIpc) is 2.74. The topological polar surface area (TPSA) is 50.2 Å². The van der Waals surface area contributed by atoms with Gasteiger partial charge in [0.25, 0.3) is 0 Å². The van der Waals surface area contributed by atoms with E-state index in [2.05, 4.69) is 4.98 Å². The van der Waals surface area contributed by atoms with Crippen molar-refractivity contribution in [2.24, 2.45) is 0 Å². The van der Waals surface area contributed by atoms with Crippen molar-refractivity contribution in [3.8, 4) is 0 Å². The summed E-state index contributed by atoms with van der Waals surface area (Å²) in [5, 5.41) is 8.86. The van der Waals surface area contributed by atoms with Gasteiger partial charge in [-0.05, 0) is 18.8 Å². The molecule has 4 heteroatoms. The first-order chi connectivity index (χ1) is 6.29. The van der Waals surface area contributed by atoms with Crippen LogP contribution in [0.15, 0.2) is 5.51 Å². The summed E-state index contributed by atoms with van der Waals surface area (Å²) in [6, 6.07) is 0. The molecule has 1 aliphatic rings. The van der Waals surface area contributed by atoms with Crippen LogP contribution in [0, 0.1) is 0 Å². The van der Waals surface area contributed by atoms with Crippen molar-refractivity contribution in [2.45, 2.75) is 31.6 Å². The van der Waals surface area contributed by atoms with E-state index in [9.17, 15) is 4.79 Å². The van der Waals surface area contributed by atoms with Crippen LogP contribution < -0.4 is 0 Å². The molecule has 0 unspecified atom stereocenters. The number of hydrogen-bond acceptors (Lipinski definition) is 3. The first-order valence-electron chi connectivity index (χ1n) is 4.45. The highest BCUT2D eigenvalue weighted by Crippen LogP contribution is 2.37. The molecule has 0 saturated heterocycles. The van der Waals surface area contributed by atoms with E-state index in [1.807, 2.05) is 0 Å². The Morgan fingerprint density at radius 1 is 1.54 bits per heavy atom. The smallest absolute Gasteiger partial charge is 0.355 e. The maximum absolute atomic E-state index is 10.8. The number of rotatable bonds is 2. The zero-order valence-corrected chi connectivity index (χ0v) is 8.01. The van der Waals surface area contributed by atoms with E-state index in [1.54, 1.807) is 5.51 Å². The number of carboxylic acid groups (broad SMARTS) is 1. The number of aromatic nitrogens is 1. The van der Waals surface area contributed by atoms with Crippen LogP contribution in [0.5, 0.6) is 0 Å². The molecule has 1 saturated carbocycles. The van der Waals surface area contributed by atoms with Gasteiger partial charge in [-0.3, -0.25) is 0 Å². The van der Waals surface area contributed by atoms with Crippen molar-refractivity contribution >= 4 is 17.3 Å². The van der Waals surface area contributed by atoms with E-state index < -0.39 is 5.97 Å². The number of aromatic carboxylic acids is 1. The second kappa shape index (κ2) is 3.46. The molecule has 0 spiro atoms. The molecule has 0 atom stereocenters. The van der Waals surface area contributed by atoms with Crippen molar-refractivity contribution in [3.63, 3.8) is 0 Å². The summed E-state index contributed by atoms with van der Waals surface area (Å²) in [5.41, 5.74) is 1.91. The maximum Gasteiger partial charge on any atom is 0.355 e. The van der Waals surface area contributed by atoms with Crippen LogP contribution in [-0.4, -0.2) is 16.1 Å². The third-order valence-corrected chi connectivity index (χ3v) is 3.51. The second-order valence-electron chi connectivity index (χ2n) is 3.35. The molecule has 0 bridgehead atoms. The Morgan fingerprint density at radius 3 is 2.85 bits per heavy atom. The summed E-state index contributed by atoms with van der Waals surface area (Å²) in [5.74, 6) is -0.429. The van der Waals surface area contributed by atoms with Gasteiger partial charge < -0.3 is 5.11 Å². The van der Waals surface area contributed by atoms with Gasteiger partial charge in [0.05, 0.1) is 5.51 Å². The SMILES string of the molecule is O=C(O)c1ncsc1C1CCCC1. The highest BCUT2D eigenvalue weighted by Gasteiger charge is 2.24. The van der Waals surface area contributed by atoms with E-state index in [0.29, 0.717) is 5.92 Å². The van der Waals surface area contributed by atoms with Gasteiger partial charge in [0.2, 0.25) is 0 Å². The molecular formula is C9H11NO2S. The molecule has 3 nitrogen and oxygen atoms in total. The fourth-order valence-electron chi connectivity index (χ4n) is 1.89. The summed E-state index contributed by atoms with van der Waals surface area (Å²) in [4.78, 5) is 15.6. The Kier molecular flexibility index (Phi) is 2.31. The summed E-state index contributed by atoms with van der Waals surface area (Å²) >= 11 is 1.48. The van der Waals surface area contributed by atoms with Crippen LogP contribution in [0.2, 0.25) is 0 Å². The number of nitrogens with zero attached hydrogens (tertiary/aromatic N) is 1. The van der Waals surface area contributed by atoms with Gasteiger partial charge in [0.1, 0.15) is 0 Å². The van der Waals surface area contributed by atoms with Crippen LogP contribution >= 0.6 is 11.3 Å². The molecule has 1 aromatic rings. The molecule has 2 rings (SSSR count). The quantitative estimate of drug-likeness (QED) is 0.792. The lowest BCUT2D eigenvalue weighted by atomic mass is 10.1. The molecule has 0 radical (unpaired) electrons. The second-order valence-corrected chi connectivity index (χ2v) is 4.24. The van der Waals surface area contributed by atoms with E-state index in [4.69, 9.17) is 5.11 Å². The fraction of sp³-hybridized carbons (Fsp3) is 0.556. The number of carboxylic acids is 1. The Balaban J connectivity index is 2.28. The number of thiazole rings is 1. The predicted molar refractivity (Wildman–Crippen MR) is 50.3 cm³/mol. The van der Waals surface area contributed by atoms with Gasteiger partial charge in [-0.25, -0.2) is 9.78 Å². The summed E-state index contributed by atoms with van der Waals surface area (Å²) in [6.45, 7) is 0. The minimum atomic E-state index is -0.886. The molecule has 0 aromatic carbocycles. The standard InChI is InChI=1S/C9H11NO2S/c11-9(12)7-8(13-5-10-7)6-3-1-2-4-6/h5-6H,1-4H2,(H,11,12). The molecule has 0 aliphatic heterocycles. The highest BCUT2D eigenvalue weighted by molar-refractivity contribution is 7.10. The van der Waals surface area contributed by atoms with Gasteiger partial charge in [-0.1, -0.05) is 12.8 Å². The largest absolute Gasteiger partial charge is 0.476 e. The third kappa shape index (κ3) is 1.58. The van der Waals surface area contributed by atoms with Gasteiger partial charge >= 0.3 is 5.97 Å². The van der Waals surface area contributed by atoms with Crippen LogP contribution in [-0.2, 0) is 0 Å². The molecule has 1 heterocycles. The zero-order valence-electron chi connectivity index (χ0n) is 7.19. The van der Waals surface area contributed by atoms with Crippen LogP contribution in [0.25, 0.3) is 0 Å². The molecule has 1 aromatic heterocycles. The first kappa shape index (κ1) is 8.69. The Labute approximate surface area is 80.4 Å². The van der Waals surface area contributed by atoms with Crippen LogP contribution in [0.4, 0.5) is 0 Å². The molecule has 70 valence electrons. The lowest BCUT2D eigenvalue weighted by Crippen LogP contribution is -2.03. The lowest BCUT2D eigenvalue weighted by Gasteiger charge is -2.05. The Morgan fingerprint density at radius 2 is 2.23 bits per heavy atom. The lowest BCUT2D eigenvalue weighted by molar-refractivity contribution is 0.0689. The minimum Gasteiger partial charge on any atom is -0.476 e. The monoisotopic (exact) mass is 197 g/mol. The van der Waals surface area contributed by atoms with Crippen LogP contribution in [0.3, 0.4) is 0 Å². The van der Waals surface area contributed by atoms with E-state index in [-0.39, 0.29) is 5.69 Å². The molecule has 1 aliphatic carbocycles. The van der Waals surface area contributed by atoms with Gasteiger partial charge in [-0.2, -0.15) is 0 Å². The van der Waals surface area contributed by atoms with Gasteiger partial charge in [-0.15, -0.1) is 11.3 Å². The molecule has 0 amide bonds. The Bertz CT molecular complexity index is 315. The Hall–Kier alpha value is -0.900. The fourth-order valence-corrected chi connectivity index (χ4v) is 2.84. The summed E-state index contributed by atoms with van der Waals surface area (Å²) in [7, 11) is 0. The van der Waals surface area contributed by atoms with Crippen molar-refractivity contribution in [1.82, 2.24) is 4.98 Å². The first-order valence-corrected chi connectivity index (χ1v) is 5.33. The average molecular weight is 197 g/mol. The third-order valence-electron chi connectivity index (χ3n) is 2.52. The van der Waals surface area contributed by atoms with Crippen molar-refractivity contribution in [1.29, 1.82) is 0 Å². The van der Waals surface area contributed by atoms with Crippen molar-refractivity contribution in [2.75, 3.05) is 0 Å². The number of carbonyl (C=O) groups is 1. The summed E-state index contributed by atoms with van der Waals surface area (Å²) < 4.78 is 0. The van der Waals surface area contributed by atoms with Crippen LogP contribution in [0.1, 0.15) is 47.0 Å². The molecule has 1 N–H and O–H groups in total. The number of hydrogen-bond donors (Lipinski definition) is 1. The maximum atomic E-state index is 10.8. The van der Waals surface area contributed by atoms with E-state index >= 15 is 0 Å². The van der Waals surface area contributed by atoms with E-state index in [0.717, 1.165) is 17.7 Å². The van der Waals surface area contributed by atoms with Gasteiger partial charge in [0.15, 0.2) is 5.69 Å². The summed E-state index contributed by atoms with van der Waals surface area (Å²) in [6.07, 6.45) is 4.70. The highest BCUT2D eigenvalue weighted by atomic mass is 32.1.